The van der Waals surface area contributed by atoms with Gasteiger partial charge in [0.15, 0.2) is 0 Å². The molecular weight excluding hydrogens is 306 g/mol. The first-order valence-corrected chi connectivity index (χ1v) is 8.76. The van der Waals surface area contributed by atoms with Crippen LogP contribution in [-0.2, 0) is 13.1 Å². The van der Waals surface area contributed by atoms with E-state index in [1.165, 1.54) is 4.88 Å². The lowest BCUT2D eigenvalue weighted by Gasteiger charge is -2.29. The van der Waals surface area contributed by atoms with Gasteiger partial charge in [0.1, 0.15) is 0 Å². The molecule has 4 nitrogen and oxygen atoms in total. The van der Waals surface area contributed by atoms with E-state index < -0.39 is 0 Å². The number of aliphatic hydroxyl groups excluding tert-OH is 1. The van der Waals surface area contributed by atoms with E-state index in [0.717, 1.165) is 29.7 Å². The monoisotopic (exact) mass is 327 g/mol. The van der Waals surface area contributed by atoms with Crippen LogP contribution in [0.2, 0.25) is 0 Å². The molecular formula is C18H21N3OS. The van der Waals surface area contributed by atoms with Gasteiger partial charge in [-0.3, -0.25) is 9.88 Å². The van der Waals surface area contributed by atoms with Gasteiger partial charge in [0.2, 0.25) is 0 Å². The molecule has 0 aliphatic rings. The Morgan fingerprint density at radius 1 is 1.13 bits per heavy atom. The van der Waals surface area contributed by atoms with E-state index in [4.69, 9.17) is 4.98 Å². The van der Waals surface area contributed by atoms with E-state index in [-0.39, 0.29) is 12.6 Å². The summed E-state index contributed by atoms with van der Waals surface area (Å²) in [6.45, 7) is 3.78. The summed E-state index contributed by atoms with van der Waals surface area (Å²) in [5.74, 6) is 0. The second-order valence-corrected chi connectivity index (χ2v) is 6.61. The number of nitrogens with zero attached hydrogens (tertiary/aromatic N) is 3. The Hall–Kier alpha value is -1.82. The summed E-state index contributed by atoms with van der Waals surface area (Å²) >= 11 is 1.74. The second kappa shape index (κ2) is 7.64. The standard InChI is InChI=1S/C18H21N3OS/c1-2-15(13-22)21(12-16-6-5-9-23-16)11-14-10-19-17-7-3-4-8-18(17)20-14/h3-10,15,22H,2,11-13H2,1H3/t15-/m0/s1. The van der Waals surface area contributed by atoms with Gasteiger partial charge in [-0.1, -0.05) is 25.1 Å². The van der Waals surface area contributed by atoms with Crippen molar-refractivity contribution in [3.05, 3.63) is 58.5 Å². The van der Waals surface area contributed by atoms with Crippen molar-refractivity contribution in [2.24, 2.45) is 0 Å². The van der Waals surface area contributed by atoms with Gasteiger partial charge in [0.25, 0.3) is 0 Å². The maximum atomic E-state index is 9.70. The minimum Gasteiger partial charge on any atom is -0.395 e. The van der Waals surface area contributed by atoms with Crippen molar-refractivity contribution < 1.29 is 5.11 Å². The lowest BCUT2D eigenvalue weighted by atomic mass is 10.2. The van der Waals surface area contributed by atoms with Crippen molar-refractivity contribution in [2.75, 3.05) is 6.61 Å². The van der Waals surface area contributed by atoms with Crippen molar-refractivity contribution in [2.45, 2.75) is 32.5 Å². The normalized spacial score (nSPS) is 12.8. The largest absolute Gasteiger partial charge is 0.395 e. The molecule has 0 radical (unpaired) electrons. The molecule has 0 amide bonds. The topological polar surface area (TPSA) is 49.2 Å². The Morgan fingerprint density at radius 3 is 2.65 bits per heavy atom. The zero-order chi connectivity index (χ0) is 16.1. The van der Waals surface area contributed by atoms with Crippen LogP contribution in [0.15, 0.2) is 48.0 Å². The highest BCUT2D eigenvalue weighted by atomic mass is 32.1. The second-order valence-electron chi connectivity index (χ2n) is 5.58. The fourth-order valence-corrected chi connectivity index (χ4v) is 3.43. The van der Waals surface area contributed by atoms with Gasteiger partial charge in [-0.15, -0.1) is 11.3 Å². The zero-order valence-corrected chi connectivity index (χ0v) is 14.0. The molecule has 23 heavy (non-hydrogen) atoms. The van der Waals surface area contributed by atoms with E-state index in [1.54, 1.807) is 11.3 Å². The van der Waals surface area contributed by atoms with Crippen molar-refractivity contribution >= 4 is 22.4 Å². The number of rotatable bonds is 7. The van der Waals surface area contributed by atoms with Crippen LogP contribution in [0, 0.1) is 0 Å². The number of para-hydroxylation sites is 2. The number of thiophene rings is 1. The van der Waals surface area contributed by atoms with Crippen LogP contribution >= 0.6 is 11.3 Å². The highest BCUT2D eigenvalue weighted by molar-refractivity contribution is 7.09. The highest BCUT2D eigenvalue weighted by Crippen LogP contribution is 2.18. The minimum atomic E-state index is 0.130. The molecule has 2 heterocycles. The smallest absolute Gasteiger partial charge is 0.0890 e. The van der Waals surface area contributed by atoms with Crippen molar-refractivity contribution in [3.8, 4) is 0 Å². The Balaban J connectivity index is 1.83. The van der Waals surface area contributed by atoms with Crippen LogP contribution in [0.1, 0.15) is 23.9 Å². The van der Waals surface area contributed by atoms with Crippen LogP contribution < -0.4 is 0 Å². The quantitative estimate of drug-likeness (QED) is 0.722. The molecule has 0 bridgehead atoms. The molecule has 2 aromatic heterocycles. The molecule has 0 aliphatic carbocycles. The number of aromatic nitrogens is 2. The summed E-state index contributed by atoms with van der Waals surface area (Å²) in [4.78, 5) is 12.8. The van der Waals surface area contributed by atoms with Crippen LogP contribution in [0.4, 0.5) is 0 Å². The Kier molecular flexibility index (Phi) is 5.33. The molecule has 3 rings (SSSR count). The predicted molar refractivity (Wildman–Crippen MR) is 94.3 cm³/mol. The Bertz CT molecular complexity index is 741. The molecule has 1 aromatic carbocycles. The third kappa shape index (κ3) is 3.93. The molecule has 5 heteroatoms. The first-order valence-electron chi connectivity index (χ1n) is 7.88. The molecule has 0 saturated heterocycles. The summed E-state index contributed by atoms with van der Waals surface area (Å²) in [7, 11) is 0. The summed E-state index contributed by atoms with van der Waals surface area (Å²) in [6.07, 6.45) is 2.75. The van der Waals surface area contributed by atoms with Crippen molar-refractivity contribution in [3.63, 3.8) is 0 Å². The van der Waals surface area contributed by atoms with E-state index in [1.807, 2.05) is 30.5 Å². The van der Waals surface area contributed by atoms with E-state index >= 15 is 0 Å². The summed E-state index contributed by atoms with van der Waals surface area (Å²) in [5.41, 5.74) is 2.76. The molecule has 0 fully saturated rings. The average molecular weight is 327 g/mol. The fourth-order valence-electron chi connectivity index (χ4n) is 2.70. The number of fused-ring (bicyclic) bond motifs is 1. The zero-order valence-electron chi connectivity index (χ0n) is 13.2. The van der Waals surface area contributed by atoms with Crippen LogP contribution in [0.3, 0.4) is 0 Å². The molecule has 1 N–H and O–H groups in total. The van der Waals surface area contributed by atoms with E-state index in [0.29, 0.717) is 6.54 Å². The fraction of sp³-hybridized carbons (Fsp3) is 0.333. The summed E-state index contributed by atoms with van der Waals surface area (Å²) in [6, 6.07) is 12.2. The summed E-state index contributed by atoms with van der Waals surface area (Å²) in [5, 5.41) is 11.8. The lowest BCUT2D eigenvalue weighted by molar-refractivity contribution is 0.106. The van der Waals surface area contributed by atoms with Gasteiger partial charge in [-0.25, -0.2) is 4.98 Å². The van der Waals surface area contributed by atoms with Gasteiger partial charge in [0, 0.05) is 24.0 Å². The van der Waals surface area contributed by atoms with E-state index in [9.17, 15) is 5.11 Å². The first kappa shape index (κ1) is 16.1. The molecule has 0 saturated carbocycles. The molecule has 1 atom stereocenters. The summed E-state index contributed by atoms with van der Waals surface area (Å²) < 4.78 is 0. The van der Waals surface area contributed by atoms with Gasteiger partial charge < -0.3 is 5.11 Å². The van der Waals surface area contributed by atoms with Crippen molar-refractivity contribution in [1.29, 1.82) is 0 Å². The molecule has 120 valence electrons. The number of hydrogen-bond acceptors (Lipinski definition) is 5. The highest BCUT2D eigenvalue weighted by Gasteiger charge is 2.18. The van der Waals surface area contributed by atoms with E-state index in [2.05, 4.69) is 34.3 Å². The van der Waals surface area contributed by atoms with Crippen LogP contribution in [-0.4, -0.2) is 32.6 Å². The van der Waals surface area contributed by atoms with Gasteiger partial charge in [0.05, 0.1) is 29.5 Å². The lowest BCUT2D eigenvalue weighted by Crippen LogP contribution is -2.36. The number of benzene rings is 1. The molecule has 0 unspecified atom stereocenters. The van der Waals surface area contributed by atoms with Crippen LogP contribution in [0.25, 0.3) is 11.0 Å². The average Bonchev–Trinajstić information content (AvgIpc) is 3.09. The van der Waals surface area contributed by atoms with Gasteiger partial charge >= 0.3 is 0 Å². The molecule has 3 aromatic rings. The minimum absolute atomic E-state index is 0.130. The number of aliphatic hydroxyl groups is 1. The van der Waals surface area contributed by atoms with Crippen LogP contribution in [0.5, 0.6) is 0 Å². The Labute approximate surface area is 140 Å². The predicted octanol–water partition coefficient (Wildman–Crippen LogP) is 3.46. The molecule has 0 spiro atoms. The first-order chi connectivity index (χ1) is 11.3. The third-order valence-corrected chi connectivity index (χ3v) is 4.86. The molecule has 0 aliphatic heterocycles. The Morgan fingerprint density at radius 2 is 1.96 bits per heavy atom. The van der Waals surface area contributed by atoms with Crippen molar-refractivity contribution in [1.82, 2.24) is 14.9 Å². The van der Waals surface area contributed by atoms with Gasteiger partial charge in [-0.05, 0) is 30.0 Å². The van der Waals surface area contributed by atoms with Gasteiger partial charge in [-0.2, -0.15) is 0 Å². The third-order valence-electron chi connectivity index (χ3n) is 4.00. The SMILES string of the molecule is CC[C@@H](CO)N(Cc1cnc2ccccc2n1)Cc1cccs1. The maximum Gasteiger partial charge on any atom is 0.0890 e. The number of hydrogen-bond donors (Lipinski definition) is 1. The maximum absolute atomic E-state index is 9.70.